The van der Waals surface area contributed by atoms with E-state index in [1.165, 1.54) is 103 Å². The van der Waals surface area contributed by atoms with E-state index in [0.29, 0.717) is 6.42 Å². The van der Waals surface area contributed by atoms with E-state index in [4.69, 9.17) is 24.3 Å². The highest BCUT2D eigenvalue weighted by atomic mass is 31.2. The van der Waals surface area contributed by atoms with Crippen LogP contribution in [0.1, 0.15) is 187 Å². The van der Waals surface area contributed by atoms with Crippen molar-refractivity contribution >= 4 is 19.8 Å². The monoisotopic (exact) mass is 730 g/mol. The molecule has 0 rings (SSSR count). The van der Waals surface area contributed by atoms with E-state index in [-0.39, 0.29) is 38.6 Å². The highest BCUT2D eigenvalue weighted by Gasteiger charge is 2.26. The molecule has 0 aromatic heterocycles. The van der Waals surface area contributed by atoms with E-state index in [0.717, 1.165) is 51.4 Å². The summed E-state index contributed by atoms with van der Waals surface area (Å²) in [4.78, 5) is 34.7. The molecule has 0 aliphatic carbocycles. The van der Waals surface area contributed by atoms with Gasteiger partial charge in [-0.15, -0.1) is 0 Å². The zero-order valence-electron chi connectivity index (χ0n) is 32.1. The summed E-state index contributed by atoms with van der Waals surface area (Å²) in [6.45, 7) is 3.70. The Morgan fingerprint density at radius 2 is 1.04 bits per heavy atom. The van der Waals surface area contributed by atoms with Crippen LogP contribution in [0.3, 0.4) is 0 Å². The molecular weight excluding hydrogens is 653 g/mol. The second-order valence-corrected chi connectivity index (χ2v) is 15.0. The number of esters is 2. The number of nitrogens with two attached hydrogens (primary N) is 1. The zero-order chi connectivity index (χ0) is 36.8. The second kappa shape index (κ2) is 37.3. The minimum absolute atomic E-state index is 0.0537. The molecule has 0 fully saturated rings. The highest BCUT2D eigenvalue weighted by Crippen LogP contribution is 2.43. The number of rotatable bonds is 38. The molecule has 0 saturated carbocycles. The van der Waals surface area contributed by atoms with Crippen LogP contribution in [0.4, 0.5) is 0 Å². The van der Waals surface area contributed by atoms with Crippen LogP contribution < -0.4 is 5.73 Å². The van der Waals surface area contributed by atoms with Gasteiger partial charge in [-0.05, 0) is 44.9 Å². The Labute approximate surface area is 306 Å². The maximum Gasteiger partial charge on any atom is 0.472 e. The van der Waals surface area contributed by atoms with Gasteiger partial charge in [0.25, 0.3) is 0 Å². The van der Waals surface area contributed by atoms with Crippen molar-refractivity contribution in [3.8, 4) is 0 Å². The van der Waals surface area contributed by atoms with Gasteiger partial charge in [0.2, 0.25) is 0 Å². The molecule has 0 aromatic carbocycles. The molecular formula is C40H76NO8P. The van der Waals surface area contributed by atoms with Crippen LogP contribution in [0.25, 0.3) is 0 Å². The van der Waals surface area contributed by atoms with Gasteiger partial charge < -0.3 is 20.1 Å². The molecule has 1 unspecified atom stereocenters. The number of phosphoric ester groups is 1. The van der Waals surface area contributed by atoms with Crippen molar-refractivity contribution in [2.24, 2.45) is 5.73 Å². The predicted octanol–water partition coefficient (Wildman–Crippen LogP) is 11.2. The van der Waals surface area contributed by atoms with E-state index >= 15 is 0 Å². The van der Waals surface area contributed by atoms with Crippen LogP contribution in [-0.2, 0) is 32.7 Å². The molecule has 0 radical (unpaired) electrons. The molecule has 0 saturated heterocycles. The molecule has 50 heavy (non-hydrogen) atoms. The van der Waals surface area contributed by atoms with E-state index in [2.05, 4.69) is 38.2 Å². The van der Waals surface area contributed by atoms with E-state index in [9.17, 15) is 19.0 Å². The molecule has 0 aliphatic rings. The summed E-state index contributed by atoms with van der Waals surface area (Å²) in [6.07, 6.45) is 37.7. The third-order valence-electron chi connectivity index (χ3n) is 8.59. The summed E-state index contributed by atoms with van der Waals surface area (Å²) in [7, 11) is -4.37. The lowest BCUT2D eigenvalue weighted by Crippen LogP contribution is -2.29. The quantitative estimate of drug-likeness (QED) is 0.0275. The summed E-state index contributed by atoms with van der Waals surface area (Å²) in [6, 6.07) is 0. The van der Waals surface area contributed by atoms with Crippen molar-refractivity contribution in [2.75, 3.05) is 26.4 Å². The van der Waals surface area contributed by atoms with Gasteiger partial charge in [-0.3, -0.25) is 18.6 Å². The Morgan fingerprint density at radius 3 is 1.56 bits per heavy atom. The number of phosphoric acid groups is 1. The minimum Gasteiger partial charge on any atom is -0.462 e. The summed E-state index contributed by atoms with van der Waals surface area (Å²) >= 11 is 0. The highest BCUT2D eigenvalue weighted by molar-refractivity contribution is 7.47. The molecule has 0 bridgehead atoms. The number of hydrogen-bond donors (Lipinski definition) is 2. The maximum absolute atomic E-state index is 12.5. The Balaban J connectivity index is 4.17. The SMILES string of the molecule is CCCCCC=CCC=CCCCCCCCCCC(=O)OC[C@H](COP(=O)(O)OCCN)OC(=O)CCCCCCCCCCCCCC. The number of allylic oxidation sites excluding steroid dienone is 4. The van der Waals surface area contributed by atoms with Crippen molar-refractivity contribution in [1.82, 2.24) is 0 Å². The lowest BCUT2D eigenvalue weighted by atomic mass is 10.0. The lowest BCUT2D eigenvalue weighted by molar-refractivity contribution is -0.161. The Kier molecular flexibility index (Phi) is 36.1. The summed E-state index contributed by atoms with van der Waals surface area (Å²) < 4.78 is 32.7. The van der Waals surface area contributed by atoms with Crippen LogP contribution in [0.5, 0.6) is 0 Å². The molecule has 10 heteroatoms. The Bertz CT molecular complexity index is 881. The van der Waals surface area contributed by atoms with Crippen LogP contribution in [-0.4, -0.2) is 49.3 Å². The number of hydrogen-bond acceptors (Lipinski definition) is 8. The summed E-state index contributed by atoms with van der Waals surface area (Å²) in [5.74, 6) is -0.833. The third-order valence-corrected chi connectivity index (χ3v) is 9.57. The van der Waals surface area contributed by atoms with Crippen LogP contribution in [0, 0.1) is 0 Å². The fourth-order valence-corrected chi connectivity index (χ4v) is 6.31. The van der Waals surface area contributed by atoms with Crippen molar-refractivity contribution in [1.29, 1.82) is 0 Å². The molecule has 0 aliphatic heterocycles. The van der Waals surface area contributed by atoms with E-state index in [1.54, 1.807) is 0 Å². The maximum atomic E-state index is 12.5. The molecule has 0 heterocycles. The summed E-state index contributed by atoms with van der Waals surface area (Å²) in [5.41, 5.74) is 5.33. The molecule has 0 aromatic rings. The Morgan fingerprint density at radius 1 is 0.600 bits per heavy atom. The smallest absolute Gasteiger partial charge is 0.462 e. The lowest BCUT2D eigenvalue weighted by Gasteiger charge is -2.19. The number of unbranched alkanes of at least 4 members (excludes halogenated alkanes) is 21. The first-order valence-corrected chi connectivity index (χ1v) is 21.8. The largest absolute Gasteiger partial charge is 0.472 e. The first-order chi connectivity index (χ1) is 24.3. The van der Waals surface area contributed by atoms with Gasteiger partial charge in [-0.1, -0.05) is 154 Å². The zero-order valence-corrected chi connectivity index (χ0v) is 33.0. The fourth-order valence-electron chi connectivity index (χ4n) is 5.55. The normalized spacial score (nSPS) is 13.6. The summed E-state index contributed by atoms with van der Waals surface area (Å²) in [5, 5.41) is 0. The molecule has 2 atom stereocenters. The predicted molar refractivity (Wildman–Crippen MR) is 206 cm³/mol. The number of ether oxygens (including phenoxy) is 2. The van der Waals surface area contributed by atoms with Gasteiger partial charge in [-0.2, -0.15) is 0 Å². The molecule has 9 nitrogen and oxygen atoms in total. The van der Waals surface area contributed by atoms with Gasteiger partial charge in [0, 0.05) is 19.4 Å². The Hall–Kier alpha value is -1.51. The van der Waals surface area contributed by atoms with E-state index < -0.39 is 26.5 Å². The number of carbonyl (C=O) groups excluding carboxylic acids is 2. The first-order valence-electron chi connectivity index (χ1n) is 20.3. The first kappa shape index (κ1) is 48.5. The number of carbonyl (C=O) groups is 2. The van der Waals surface area contributed by atoms with Gasteiger partial charge in [0.15, 0.2) is 6.10 Å². The average Bonchev–Trinajstić information content (AvgIpc) is 3.10. The van der Waals surface area contributed by atoms with Gasteiger partial charge in [0.05, 0.1) is 13.2 Å². The minimum atomic E-state index is -4.37. The standard InChI is InChI=1S/C40H76NO8P/c1-3-5-7-9-11-13-15-17-18-19-20-21-23-24-26-28-30-32-39(42)46-36-38(37-48-50(44,45)47-35-34-41)49-40(43)33-31-29-27-25-22-16-14-12-10-8-6-4-2/h11,13,17-18,38H,3-10,12,14-16,19-37,41H2,1-2H3,(H,44,45)/t38-/m1/s1. The topological polar surface area (TPSA) is 134 Å². The van der Waals surface area contributed by atoms with Gasteiger partial charge >= 0.3 is 19.8 Å². The van der Waals surface area contributed by atoms with Crippen LogP contribution >= 0.6 is 7.82 Å². The molecule has 3 N–H and O–H groups in total. The van der Waals surface area contributed by atoms with Crippen molar-refractivity contribution in [3.05, 3.63) is 24.3 Å². The molecule has 294 valence electrons. The van der Waals surface area contributed by atoms with Crippen molar-refractivity contribution < 1.29 is 37.6 Å². The molecule has 0 amide bonds. The second-order valence-electron chi connectivity index (χ2n) is 13.5. The van der Waals surface area contributed by atoms with Gasteiger partial charge in [-0.25, -0.2) is 4.57 Å². The van der Waals surface area contributed by atoms with Gasteiger partial charge in [0.1, 0.15) is 6.61 Å². The van der Waals surface area contributed by atoms with Crippen LogP contribution in [0.2, 0.25) is 0 Å². The fraction of sp³-hybridized carbons (Fsp3) is 0.850. The van der Waals surface area contributed by atoms with Crippen LogP contribution in [0.15, 0.2) is 24.3 Å². The average molecular weight is 730 g/mol. The van der Waals surface area contributed by atoms with E-state index in [1.807, 2.05) is 0 Å². The molecule has 0 spiro atoms. The van der Waals surface area contributed by atoms with Crippen molar-refractivity contribution in [3.63, 3.8) is 0 Å². The van der Waals surface area contributed by atoms with Crippen molar-refractivity contribution in [2.45, 2.75) is 193 Å². The third kappa shape index (κ3) is 36.3.